The van der Waals surface area contributed by atoms with Crippen molar-refractivity contribution in [3.63, 3.8) is 0 Å². The molecule has 0 bridgehead atoms. The van der Waals surface area contributed by atoms with E-state index in [9.17, 15) is 4.79 Å². The first kappa shape index (κ1) is 14.7. The molecule has 1 heterocycles. The lowest BCUT2D eigenvalue weighted by Crippen LogP contribution is -2.39. The Labute approximate surface area is 125 Å². The van der Waals surface area contributed by atoms with E-state index in [4.69, 9.17) is 5.11 Å². The molecule has 106 valence electrons. The van der Waals surface area contributed by atoms with Gasteiger partial charge in [-0.05, 0) is 22.4 Å². The third kappa shape index (κ3) is 3.26. The average molecular weight is 338 g/mol. The lowest BCUT2D eigenvalue weighted by atomic mass is 10.1. The van der Waals surface area contributed by atoms with Crippen LogP contribution in [0.4, 0.5) is 10.5 Å². The first-order valence-electron chi connectivity index (χ1n) is 6.37. The number of benzene rings is 1. The van der Waals surface area contributed by atoms with Crippen LogP contribution in [-0.2, 0) is 0 Å². The minimum Gasteiger partial charge on any atom is -0.394 e. The first-order valence-corrected chi connectivity index (χ1v) is 7.16. The molecule has 6 heteroatoms. The number of pyridine rings is 1. The lowest BCUT2D eigenvalue weighted by Gasteiger charge is -2.15. The number of aliphatic hydroxyl groups is 1. The number of rotatable bonds is 4. The third-order valence-electron chi connectivity index (χ3n) is 3.04. The summed E-state index contributed by atoms with van der Waals surface area (Å²) in [5.74, 6) is 0. The van der Waals surface area contributed by atoms with Gasteiger partial charge in [0.1, 0.15) is 4.60 Å². The molecule has 0 fully saturated rings. The number of aliphatic hydroxyl groups excluding tert-OH is 1. The van der Waals surface area contributed by atoms with Gasteiger partial charge in [0.05, 0.1) is 24.5 Å². The number of aromatic nitrogens is 1. The van der Waals surface area contributed by atoms with Gasteiger partial charge in [-0.2, -0.15) is 0 Å². The molecule has 1 aromatic heterocycles. The van der Waals surface area contributed by atoms with E-state index < -0.39 is 0 Å². The summed E-state index contributed by atoms with van der Waals surface area (Å²) in [6.45, 7) is 1.82. The van der Waals surface area contributed by atoms with Crippen molar-refractivity contribution >= 4 is 38.4 Å². The zero-order valence-electron chi connectivity index (χ0n) is 11.1. The van der Waals surface area contributed by atoms with E-state index in [1.165, 1.54) is 0 Å². The Balaban J connectivity index is 2.22. The quantitative estimate of drug-likeness (QED) is 0.751. The number of carbonyl (C=O) groups is 1. The van der Waals surface area contributed by atoms with Crippen molar-refractivity contribution in [3.05, 3.63) is 35.1 Å². The normalized spacial score (nSPS) is 12.2. The van der Waals surface area contributed by atoms with E-state index in [0.29, 0.717) is 12.1 Å². The van der Waals surface area contributed by atoms with Crippen molar-refractivity contribution in [3.8, 4) is 0 Å². The molecule has 20 heavy (non-hydrogen) atoms. The minimum absolute atomic E-state index is 0.0801. The number of nitrogens with zero attached hydrogens (tertiary/aromatic N) is 1. The van der Waals surface area contributed by atoms with Crippen molar-refractivity contribution in [2.75, 3.05) is 11.9 Å². The number of carbonyl (C=O) groups excluding carboxylic acids is 1. The second-order valence-electron chi connectivity index (χ2n) is 4.39. The fraction of sp³-hybridized carbons (Fsp3) is 0.286. The van der Waals surface area contributed by atoms with Gasteiger partial charge in [-0.3, -0.25) is 0 Å². The summed E-state index contributed by atoms with van der Waals surface area (Å²) in [4.78, 5) is 16.1. The molecule has 2 aromatic rings. The van der Waals surface area contributed by atoms with E-state index in [1.54, 1.807) is 6.20 Å². The standard InChI is InChI=1S/C14H16BrN3O2/c1-2-9(8-19)17-14(20)18-12-7-16-13(15)11-6-4-3-5-10(11)12/h3-7,9,19H,2,8H2,1H3,(H2,17,18,20)/t9-/m0/s1. The predicted octanol–water partition coefficient (Wildman–Crippen LogP) is 2.89. The largest absolute Gasteiger partial charge is 0.394 e. The van der Waals surface area contributed by atoms with Crippen molar-refractivity contribution < 1.29 is 9.90 Å². The molecule has 1 aromatic carbocycles. The van der Waals surface area contributed by atoms with Crippen LogP contribution in [0, 0.1) is 0 Å². The van der Waals surface area contributed by atoms with Crippen LogP contribution in [0.5, 0.6) is 0 Å². The van der Waals surface area contributed by atoms with E-state index in [1.807, 2.05) is 31.2 Å². The van der Waals surface area contributed by atoms with Gasteiger partial charge in [0, 0.05) is 10.8 Å². The van der Waals surface area contributed by atoms with E-state index in [0.717, 1.165) is 15.4 Å². The zero-order chi connectivity index (χ0) is 14.5. The van der Waals surface area contributed by atoms with Gasteiger partial charge in [-0.15, -0.1) is 0 Å². The van der Waals surface area contributed by atoms with Crippen molar-refractivity contribution in [1.82, 2.24) is 10.3 Å². The van der Waals surface area contributed by atoms with Crippen molar-refractivity contribution in [2.24, 2.45) is 0 Å². The van der Waals surface area contributed by atoms with Crippen LogP contribution in [0.1, 0.15) is 13.3 Å². The Kier molecular flexibility index (Phi) is 4.92. The minimum atomic E-state index is -0.347. The van der Waals surface area contributed by atoms with Gasteiger partial charge in [-0.1, -0.05) is 31.2 Å². The summed E-state index contributed by atoms with van der Waals surface area (Å²) in [6.07, 6.45) is 2.27. The Morgan fingerprint density at radius 2 is 2.10 bits per heavy atom. The summed E-state index contributed by atoms with van der Waals surface area (Å²) in [5.41, 5.74) is 0.633. The Morgan fingerprint density at radius 3 is 2.75 bits per heavy atom. The molecule has 0 unspecified atom stereocenters. The van der Waals surface area contributed by atoms with Crippen molar-refractivity contribution in [2.45, 2.75) is 19.4 Å². The Hall–Kier alpha value is -1.66. The molecule has 0 aliphatic heterocycles. The lowest BCUT2D eigenvalue weighted by molar-refractivity contribution is 0.222. The molecular formula is C14H16BrN3O2. The second-order valence-corrected chi connectivity index (χ2v) is 5.15. The summed E-state index contributed by atoms with van der Waals surface area (Å²) in [5, 5.41) is 16.4. The fourth-order valence-corrected chi connectivity index (χ4v) is 2.33. The third-order valence-corrected chi connectivity index (χ3v) is 3.68. The monoisotopic (exact) mass is 337 g/mol. The molecule has 0 saturated carbocycles. The first-order chi connectivity index (χ1) is 9.65. The number of anilines is 1. The zero-order valence-corrected chi connectivity index (χ0v) is 12.6. The van der Waals surface area contributed by atoms with E-state index >= 15 is 0 Å². The van der Waals surface area contributed by atoms with Crippen LogP contribution >= 0.6 is 15.9 Å². The molecule has 5 nitrogen and oxygen atoms in total. The van der Waals surface area contributed by atoms with Gasteiger partial charge in [0.25, 0.3) is 0 Å². The molecule has 2 rings (SSSR count). The molecule has 0 saturated heterocycles. The molecule has 3 N–H and O–H groups in total. The smallest absolute Gasteiger partial charge is 0.319 e. The summed E-state index contributed by atoms with van der Waals surface area (Å²) in [7, 11) is 0. The highest BCUT2D eigenvalue weighted by atomic mass is 79.9. The highest BCUT2D eigenvalue weighted by Crippen LogP contribution is 2.27. The summed E-state index contributed by atoms with van der Waals surface area (Å²) >= 11 is 3.39. The van der Waals surface area contributed by atoms with Gasteiger partial charge in [-0.25, -0.2) is 9.78 Å². The number of hydrogen-bond donors (Lipinski definition) is 3. The maximum atomic E-state index is 11.9. The molecule has 0 aliphatic carbocycles. The number of fused-ring (bicyclic) bond motifs is 1. The van der Waals surface area contributed by atoms with Crippen LogP contribution in [0.2, 0.25) is 0 Å². The van der Waals surface area contributed by atoms with Gasteiger partial charge >= 0.3 is 6.03 Å². The average Bonchev–Trinajstić information content (AvgIpc) is 2.48. The number of halogens is 1. The SMILES string of the molecule is CC[C@@H](CO)NC(=O)Nc1cnc(Br)c2ccccc12. The number of amides is 2. The van der Waals surface area contributed by atoms with Crippen LogP contribution in [0.3, 0.4) is 0 Å². The van der Waals surface area contributed by atoms with Crippen LogP contribution < -0.4 is 10.6 Å². The molecule has 0 spiro atoms. The maximum Gasteiger partial charge on any atom is 0.319 e. The van der Waals surface area contributed by atoms with E-state index in [2.05, 4.69) is 31.5 Å². The molecular weight excluding hydrogens is 322 g/mol. The second kappa shape index (κ2) is 6.67. The highest BCUT2D eigenvalue weighted by molar-refractivity contribution is 9.10. The Morgan fingerprint density at radius 1 is 1.40 bits per heavy atom. The Bertz CT molecular complexity index is 614. The topological polar surface area (TPSA) is 74.2 Å². The molecule has 0 aliphatic rings. The number of nitrogens with one attached hydrogen (secondary N) is 2. The van der Waals surface area contributed by atoms with Crippen LogP contribution in [-0.4, -0.2) is 28.8 Å². The van der Waals surface area contributed by atoms with Crippen LogP contribution in [0.15, 0.2) is 35.1 Å². The molecule has 0 radical (unpaired) electrons. The van der Waals surface area contributed by atoms with Gasteiger partial charge < -0.3 is 15.7 Å². The van der Waals surface area contributed by atoms with Crippen molar-refractivity contribution in [1.29, 1.82) is 0 Å². The summed E-state index contributed by atoms with van der Waals surface area (Å²) < 4.78 is 0.737. The van der Waals surface area contributed by atoms with Crippen LogP contribution in [0.25, 0.3) is 10.8 Å². The van der Waals surface area contributed by atoms with E-state index in [-0.39, 0.29) is 18.7 Å². The summed E-state index contributed by atoms with van der Waals surface area (Å²) in [6, 6.07) is 7.07. The highest BCUT2D eigenvalue weighted by Gasteiger charge is 2.11. The number of hydrogen-bond acceptors (Lipinski definition) is 3. The fourth-order valence-electron chi connectivity index (χ4n) is 1.88. The van der Waals surface area contributed by atoms with Gasteiger partial charge in [0.2, 0.25) is 0 Å². The maximum absolute atomic E-state index is 11.9. The molecule has 2 amide bonds. The van der Waals surface area contributed by atoms with Gasteiger partial charge in [0.15, 0.2) is 0 Å². The number of urea groups is 1. The predicted molar refractivity (Wildman–Crippen MR) is 82.8 cm³/mol. The molecule has 1 atom stereocenters.